The molecule has 0 spiro atoms. The first kappa shape index (κ1) is 15.0. The zero-order valence-electron chi connectivity index (χ0n) is 11.3. The lowest BCUT2D eigenvalue weighted by Crippen LogP contribution is -2.19. The lowest BCUT2D eigenvalue weighted by atomic mass is 10.3. The second-order valence-corrected chi connectivity index (χ2v) is 5.89. The van der Waals surface area contributed by atoms with Gasteiger partial charge in [0.25, 0.3) is 0 Å². The highest BCUT2D eigenvalue weighted by Gasteiger charge is 2.37. The summed E-state index contributed by atoms with van der Waals surface area (Å²) in [5.41, 5.74) is -0.0945. The van der Waals surface area contributed by atoms with Gasteiger partial charge in [-0.25, -0.2) is 4.98 Å². The van der Waals surface area contributed by atoms with Crippen LogP contribution in [0.2, 0.25) is 0 Å². The average molecular weight is 305 g/mol. The van der Waals surface area contributed by atoms with Crippen LogP contribution in [0, 0.1) is 13.8 Å². The monoisotopic (exact) mass is 305 g/mol. The summed E-state index contributed by atoms with van der Waals surface area (Å²) in [6.45, 7) is 3.94. The van der Waals surface area contributed by atoms with Gasteiger partial charge in [0.1, 0.15) is 5.76 Å². The van der Waals surface area contributed by atoms with Gasteiger partial charge < -0.3 is 4.52 Å². The molecule has 0 fully saturated rings. The average Bonchev–Trinajstić information content (AvgIpc) is 2.84. The van der Waals surface area contributed by atoms with Crippen LogP contribution in [-0.4, -0.2) is 22.1 Å². The minimum atomic E-state index is -4.41. The quantitative estimate of drug-likeness (QED) is 0.868. The van der Waals surface area contributed by atoms with Gasteiger partial charge in [0, 0.05) is 19.2 Å². The molecule has 2 heterocycles. The largest absolute Gasteiger partial charge is 0.434 e. The standard InChI is InChI=1S/C12H14F3N3OS/c1-7-4-9(17-19-7)5-18(3)6-10-11(12(13,14)15)16-8(2)20-10/h4H,5-6H2,1-3H3. The van der Waals surface area contributed by atoms with Crippen molar-refractivity contribution in [2.75, 3.05) is 7.05 Å². The molecule has 0 aliphatic carbocycles. The Balaban J connectivity index is 2.09. The summed E-state index contributed by atoms with van der Waals surface area (Å²) in [6.07, 6.45) is -4.41. The van der Waals surface area contributed by atoms with E-state index in [0.29, 0.717) is 23.0 Å². The summed E-state index contributed by atoms with van der Waals surface area (Å²) in [5, 5.41) is 4.24. The van der Waals surface area contributed by atoms with Crippen LogP contribution in [0.25, 0.3) is 0 Å². The molecule has 2 aromatic heterocycles. The highest BCUT2D eigenvalue weighted by Crippen LogP contribution is 2.34. The SMILES string of the molecule is Cc1cc(CN(C)Cc2sc(C)nc2C(F)(F)F)no1. The summed E-state index contributed by atoms with van der Waals surface area (Å²) in [4.78, 5) is 5.55. The van der Waals surface area contributed by atoms with Crippen molar-refractivity contribution in [3.8, 4) is 0 Å². The highest BCUT2D eigenvalue weighted by molar-refractivity contribution is 7.11. The van der Waals surface area contributed by atoms with Gasteiger partial charge in [-0.2, -0.15) is 13.2 Å². The van der Waals surface area contributed by atoms with Crippen molar-refractivity contribution >= 4 is 11.3 Å². The molecule has 0 aromatic carbocycles. The van der Waals surface area contributed by atoms with Crippen LogP contribution in [0.3, 0.4) is 0 Å². The topological polar surface area (TPSA) is 42.2 Å². The summed E-state index contributed by atoms with van der Waals surface area (Å²) in [6, 6.07) is 1.76. The zero-order valence-corrected chi connectivity index (χ0v) is 12.1. The number of hydrogen-bond acceptors (Lipinski definition) is 5. The maximum absolute atomic E-state index is 12.8. The van der Waals surface area contributed by atoms with E-state index in [9.17, 15) is 13.2 Å². The number of aryl methyl sites for hydroxylation is 2. The van der Waals surface area contributed by atoms with Crippen LogP contribution >= 0.6 is 11.3 Å². The Morgan fingerprint density at radius 1 is 1.30 bits per heavy atom. The van der Waals surface area contributed by atoms with Crippen molar-refractivity contribution < 1.29 is 17.7 Å². The fourth-order valence-electron chi connectivity index (χ4n) is 1.87. The van der Waals surface area contributed by atoms with Crippen LogP contribution in [0.5, 0.6) is 0 Å². The maximum Gasteiger partial charge on any atom is 0.434 e. The number of rotatable bonds is 4. The molecule has 0 unspecified atom stereocenters. The first-order valence-electron chi connectivity index (χ1n) is 5.90. The Bertz CT molecular complexity index is 591. The Hall–Kier alpha value is -1.41. The molecule has 0 aliphatic rings. The molecule has 20 heavy (non-hydrogen) atoms. The highest BCUT2D eigenvalue weighted by atomic mass is 32.1. The molecule has 0 radical (unpaired) electrons. The lowest BCUT2D eigenvalue weighted by molar-refractivity contribution is -0.141. The van der Waals surface area contributed by atoms with Crippen LogP contribution in [0.15, 0.2) is 10.6 Å². The van der Waals surface area contributed by atoms with E-state index in [4.69, 9.17) is 4.52 Å². The van der Waals surface area contributed by atoms with E-state index in [1.54, 1.807) is 31.9 Å². The molecule has 0 N–H and O–H groups in total. The van der Waals surface area contributed by atoms with Crippen molar-refractivity contribution in [3.05, 3.63) is 33.1 Å². The Morgan fingerprint density at radius 3 is 2.55 bits per heavy atom. The number of alkyl halides is 3. The molecule has 0 saturated heterocycles. The van der Waals surface area contributed by atoms with Crippen molar-refractivity contribution in [2.45, 2.75) is 33.1 Å². The van der Waals surface area contributed by atoms with Crippen molar-refractivity contribution in [1.82, 2.24) is 15.0 Å². The summed E-state index contributed by atoms with van der Waals surface area (Å²) in [7, 11) is 1.74. The van der Waals surface area contributed by atoms with E-state index in [0.717, 1.165) is 11.3 Å². The van der Waals surface area contributed by atoms with E-state index in [-0.39, 0.29) is 11.4 Å². The Morgan fingerprint density at radius 2 is 2.00 bits per heavy atom. The summed E-state index contributed by atoms with van der Waals surface area (Å²) < 4.78 is 43.5. The fourth-order valence-corrected chi connectivity index (χ4v) is 2.90. The third kappa shape index (κ3) is 3.57. The number of aromatic nitrogens is 2. The van der Waals surface area contributed by atoms with Crippen LogP contribution in [0.4, 0.5) is 13.2 Å². The lowest BCUT2D eigenvalue weighted by Gasteiger charge is -2.15. The molecular weight excluding hydrogens is 291 g/mol. The Kier molecular flexibility index (Phi) is 4.14. The second kappa shape index (κ2) is 5.53. The first-order chi connectivity index (χ1) is 9.25. The third-order valence-electron chi connectivity index (χ3n) is 2.59. The molecule has 0 aliphatic heterocycles. The molecule has 2 rings (SSSR count). The molecule has 4 nitrogen and oxygen atoms in total. The number of hydrogen-bond donors (Lipinski definition) is 0. The van der Waals surface area contributed by atoms with Crippen LogP contribution < -0.4 is 0 Å². The van der Waals surface area contributed by atoms with Crippen molar-refractivity contribution in [3.63, 3.8) is 0 Å². The molecule has 0 saturated carbocycles. The van der Waals surface area contributed by atoms with Gasteiger partial charge in [-0.05, 0) is 20.9 Å². The van der Waals surface area contributed by atoms with Gasteiger partial charge in [-0.15, -0.1) is 11.3 Å². The van der Waals surface area contributed by atoms with E-state index in [1.807, 2.05) is 0 Å². The van der Waals surface area contributed by atoms with E-state index < -0.39 is 11.9 Å². The van der Waals surface area contributed by atoms with Crippen LogP contribution in [0.1, 0.15) is 27.0 Å². The van der Waals surface area contributed by atoms with Gasteiger partial charge in [0.15, 0.2) is 5.69 Å². The normalized spacial score (nSPS) is 12.3. The molecule has 110 valence electrons. The van der Waals surface area contributed by atoms with Gasteiger partial charge in [0.2, 0.25) is 0 Å². The molecule has 0 atom stereocenters. The predicted molar refractivity (Wildman–Crippen MR) is 68.3 cm³/mol. The van der Waals surface area contributed by atoms with E-state index >= 15 is 0 Å². The zero-order chi connectivity index (χ0) is 14.9. The number of nitrogens with zero attached hydrogens (tertiary/aromatic N) is 3. The third-order valence-corrected chi connectivity index (χ3v) is 3.55. The molecule has 0 bridgehead atoms. The number of thiazole rings is 1. The van der Waals surface area contributed by atoms with Gasteiger partial charge in [-0.1, -0.05) is 5.16 Å². The fraction of sp³-hybridized carbons (Fsp3) is 0.500. The van der Waals surface area contributed by atoms with Gasteiger partial charge in [-0.3, -0.25) is 4.90 Å². The minimum absolute atomic E-state index is 0.173. The molecular formula is C12H14F3N3OS. The van der Waals surface area contributed by atoms with E-state index in [2.05, 4.69) is 10.1 Å². The Labute approximate surface area is 118 Å². The second-order valence-electron chi connectivity index (χ2n) is 4.60. The van der Waals surface area contributed by atoms with Gasteiger partial charge >= 0.3 is 6.18 Å². The number of halogens is 3. The summed E-state index contributed by atoms with van der Waals surface area (Å²) >= 11 is 1.07. The molecule has 0 amide bonds. The predicted octanol–water partition coefficient (Wildman–Crippen LogP) is 3.40. The maximum atomic E-state index is 12.8. The van der Waals surface area contributed by atoms with E-state index in [1.165, 1.54) is 0 Å². The van der Waals surface area contributed by atoms with Crippen molar-refractivity contribution in [1.29, 1.82) is 0 Å². The first-order valence-corrected chi connectivity index (χ1v) is 6.71. The summed E-state index contributed by atoms with van der Waals surface area (Å²) in [5.74, 6) is 0.679. The molecule has 8 heteroatoms. The smallest absolute Gasteiger partial charge is 0.361 e. The minimum Gasteiger partial charge on any atom is -0.361 e. The van der Waals surface area contributed by atoms with Gasteiger partial charge in [0.05, 0.1) is 15.6 Å². The molecule has 2 aromatic rings. The van der Waals surface area contributed by atoms with Crippen molar-refractivity contribution in [2.24, 2.45) is 0 Å². The van der Waals surface area contributed by atoms with Crippen LogP contribution in [-0.2, 0) is 19.3 Å².